The second-order valence-corrected chi connectivity index (χ2v) is 9.97. The smallest absolute Gasteiger partial charge is 0.0607 e. The van der Waals surface area contributed by atoms with Crippen LogP contribution >= 0.6 is 0 Å². The van der Waals surface area contributed by atoms with Crippen LogP contribution in [0.2, 0.25) is 0 Å². The van der Waals surface area contributed by atoms with Crippen LogP contribution in [0.15, 0.2) is 36.5 Å². The minimum absolute atomic E-state index is 0.443. The van der Waals surface area contributed by atoms with Gasteiger partial charge in [0.2, 0.25) is 0 Å². The van der Waals surface area contributed by atoms with E-state index in [0.717, 1.165) is 32.6 Å². The van der Waals surface area contributed by atoms with Crippen LogP contribution < -0.4 is 15.5 Å². The number of hydrogen-bond acceptors (Lipinski definition) is 5. The van der Waals surface area contributed by atoms with Crippen molar-refractivity contribution in [3.8, 4) is 0 Å². The Bertz CT molecular complexity index is 902. The topological polar surface area (TPSA) is 43.4 Å². The van der Waals surface area contributed by atoms with Crippen molar-refractivity contribution in [2.24, 2.45) is 0 Å². The van der Waals surface area contributed by atoms with E-state index in [0.29, 0.717) is 24.2 Å². The number of nitrogens with one attached hydrogen (secondary N) is 2. The lowest BCUT2D eigenvalue weighted by molar-refractivity contribution is 0.191. The largest absolute Gasteiger partial charge is 0.368 e. The van der Waals surface area contributed by atoms with Crippen LogP contribution in [0.5, 0.6) is 0 Å². The van der Waals surface area contributed by atoms with Crippen molar-refractivity contribution in [2.75, 3.05) is 31.6 Å². The maximum Gasteiger partial charge on any atom is 0.0607 e. The van der Waals surface area contributed by atoms with Gasteiger partial charge in [0.25, 0.3) is 0 Å². The Morgan fingerprint density at radius 2 is 1.90 bits per heavy atom. The van der Waals surface area contributed by atoms with Crippen molar-refractivity contribution < 1.29 is 0 Å². The highest BCUT2D eigenvalue weighted by Gasteiger charge is 2.30. The van der Waals surface area contributed by atoms with Gasteiger partial charge in [-0.15, -0.1) is 0 Å². The molecule has 0 amide bonds. The standard InChI is InChI=1S/C26H37N5/c1-18-15-31(16-19(2)29-18)24-10-5-8-21-14-28-22(13-23(21)24)17-30(3)25-11-4-7-20-9-6-12-27-26(20)25/h5-6,8-10,12,18-19,22,25,28-29H,4,7,11,13-17H2,1-3H3/t18-,19-,22-,25+/m1/s1. The molecule has 5 nitrogen and oxygen atoms in total. The first-order valence-electron chi connectivity index (χ1n) is 12.1. The second kappa shape index (κ2) is 8.89. The monoisotopic (exact) mass is 419 g/mol. The number of aromatic nitrogens is 1. The Kier molecular flexibility index (Phi) is 6.00. The predicted octanol–water partition coefficient (Wildman–Crippen LogP) is 3.29. The molecule has 2 aromatic rings. The number of rotatable bonds is 4. The molecule has 0 spiro atoms. The van der Waals surface area contributed by atoms with Gasteiger partial charge in [-0.1, -0.05) is 18.2 Å². The third kappa shape index (κ3) is 4.36. The zero-order chi connectivity index (χ0) is 21.4. The van der Waals surface area contributed by atoms with E-state index in [-0.39, 0.29) is 0 Å². The number of aryl methyl sites for hydroxylation is 1. The summed E-state index contributed by atoms with van der Waals surface area (Å²) in [7, 11) is 2.29. The van der Waals surface area contributed by atoms with Crippen LogP contribution in [0.3, 0.4) is 0 Å². The Morgan fingerprint density at radius 1 is 1.10 bits per heavy atom. The summed E-state index contributed by atoms with van der Waals surface area (Å²) in [5.41, 5.74) is 7.23. The highest BCUT2D eigenvalue weighted by atomic mass is 15.2. The van der Waals surface area contributed by atoms with Crippen molar-refractivity contribution in [1.82, 2.24) is 20.5 Å². The van der Waals surface area contributed by atoms with E-state index in [4.69, 9.17) is 4.98 Å². The molecule has 0 unspecified atom stereocenters. The Labute approximate surface area is 187 Å². The fourth-order valence-corrected chi connectivity index (χ4v) is 6.03. The van der Waals surface area contributed by atoms with Crippen molar-refractivity contribution in [1.29, 1.82) is 0 Å². The van der Waals surface area contributed by atoms with Crippen LogP contribution in [-0.2, 0) is 19.4 Å². The molecule has 2 aliphatic heterocycles. The van der Waals surface area contributed by atoms with Crippen LogP contribution in [-0.4, -0.2) is 54.7 Å². The zero-order valence-corrected chi connectivity index (χ0v) is 19.3. The van der Waals surface area contributed by atoms with Gasteiger partial charge in [-0.25, -0.2) is 0 Å². The lowest BCUT2D eigenvalue weighted by Gasteiger charge is -2.41. The lowest BCUT2D eigenvalue weighted by atomic mass is 9.89. The summed E-state index contributed by atoms with van der Waals surface area (Å²) < 4.78 is 0. The minimum atomic E-state index is 0.443. The van der Waals surface area contributed by atoms with Gasteiger partial charge in [0, 0.05) is 56.2 Å². The summed E-state index contributed by atoms with van der Waals surface area (Å²) in [6.07, 6.45) is 6.71. The molecule has 31 heavy (non-hydrogen) atoms. The molecule has 1 aliphatic carbocycles. The molecule has 3 heterocycles. The number of pyridine rings is 1. The van der Waals surface area contributed by atoms with Crippen molar-refractivity contribution in [2.45, 2.75) is 70.2 Å². The number of hydrogen-bond donors (Lipinski definition) is 2. The van der Waals surface area contributed by atoms with Crippen LogP contribution in [0.25, 0.3) is 0 Å². The van der Waals surface area contributed by atoms with Crippen LogP contribution in [0, 0.1) is 0 Å². The fraction of sp³-hybridized carbons (Fsp3) is 0.577. The SMILES string of the molecule is C[C@@H]1CN(c2cccc3c2C[C@H](CN(C)[C@H]2CCCc4cccnc42)NC3)C[C@@H](C)N1. The van der Waals surface area contributed by atoms with Gasteiger partial charge in [-0.05, 0) is 75.4 Å². The van der Waals surface area contributed by atoms with E-state index in [1.807, 2.05) is 6.20 Å². The highest BCUT2D eigenvalue weighted by molar-refractivity contribution is 5.58. The lowest BCUT2D eigenvalue weighted by Crippen LogP contribution is -2.55. The number of piperazine rings is 1. The second-order valence-electron chi connectivity index (χ2n) is 9.97. The third-order valence-electron chi connectivity index (χ3n) is 7.38. The number of anilines is 1. The maximum atomic E-state index is 4.77. The molecule has 1 fully saturated rings. The average Bonchev–Trinajstić information content (AvgIpc) is 2.77. The van der Waals surface area contributed by atoms with Gasteiger partial charge in [-0.3, -0.25) is 9.88 Å². The summed E-state index contributed by atoms with van der Waals surface area (Å²) in [5, 5.41) is 7.50. The van der Waals surface area contributed by atoms with Gasteiger partial charge >= 0.3 is 0 Å². The zero-order valence-electron chi connectivity index (χ0n) is 19.3. The summed E-state index contributed by atoms with van der Waals surface area (Å²) in [5.74, 6) is 0. The molecular formula is C26H37N5. The van der Waals surface area contributed by atoms with E-state index < -0.39 is 0 Å². The molecule has 5 rings (SSSR count). The third-order valence-corrected chi connectivity index (χ3v) is 7.38. The number of fused-ring (bicyclic) bond motifs is 2. The number of benzene rings is 1. The van der Waals surface area contributed by atoms with Gasteiger partial charge < -0.3 is 15.5 Å². The molecule has 0 radical (unpaired) electrons. The minimum Gasteiger partial charge on any atom is -0.368 e. The molecular weight excluding hydrogens is 382 g/mol. The molecule has 1 saturated heterocycles. The number of likely N-dealkylation sites (N-methyl/N-ethyl adjacent to an activating group) is 1. The molecule has 1 aromatic carbocycles. The van der Waals surface area contributed by atoms with Gasteiger partial charge in [0.05, 0.1) is 11.7 Å². The van der Waals surface area contributed by atoms with E-state index in [1.165, 1.54) is 41.8 Å². The summed E-state index contributed by atoms with van der Waals surface area (Å²) >= 11 is 0. The number of nitrogens with zero attached hydrogens (tertiary/aromatic N) is 3. The fourth-order valence-electron chi connectivity index (χ4n) is 6.03. The Hall–Kier alpha value is -1.95. The van der Waals surface area contributed by atoms with Gasteiger partial charge in [0.15, 0.2) is 0 Å². The maximum absolute atomic E-state index is 4.77. The molecule has 0 bridgehead atoms. The van der Waals surface area contributed by atoms with E-state index >= 15 is 0 Å². The first kappa shape index (κ1) is 20.9. The van der Waals surface area contributed by atoms with Crippen LogP contribution in [0.4, 0.5) is 5.69 Å². The first-order valence-corrected chi connectivity index (χ1v) is 12.1. The molecule has 166 valence electrons. The van der Waals surface area contributed by atoms with Gasteiger partial charge in [-0.2, -0.15) is 0 Å². The molecule has 4 atom stereocenters. The van der Waals surface area contributed by atoms with Crippen molar-refractivity contribution in [3.05, 3.63) is 58.9 Å². The Balaban J connectivity index is 1.32. The predicted molar refractivity (Wildman–Crippen MR) is 128 cm³/mol. The van der Waals surface area contributed by atoms with E-state index in [2.05, 4.69) is 71.7 Å². The van der Waals surface area contributed by atoms with Crippen molar-refractivity contribution in [3.63, 3.8) is 0 Å². The summed E-state index contributed by atoms with van der Waals surface area (Å²) in [6, 6.07) is 13.2. The molecule has 2 N–H and O–H groups in total. The first-order chi connectivity index (χ1) is 15.1. The van der Waals surface area contributed by atoms with E-state index in [9.17, 15) is 0 Å². The molecule has 0 saturated carbocycles. The highest BCUT2D eigenvalue weighted by Crippen LogP contribution is 2.33. The normalized spacial score (nSPS) is 28.3. The van der Waals surface area contributed by atoms with Gasteiger partial charge in [0.1, 0.15) is 0 Å². The van der Waals surface area contributed by atoms with Crippen LogP contribution in [0.1, 0.15) is 55.1 Å². The van der Waals surface area contributed by atoms with E-state index in [1.54, 1.807) is 5.56 Å². The van der Waals surface area contributed by atoms with Crippen molar-refractivity contribution >= 4 is 5.69 Å². The molecule has 5 heteroatoms. The quantitative estimate of drug-likeness (QED) is 0.796. The molecule has 1 aromatic heterocycles. The molecule has 3 aliphatic rings. The summed E-state index contributed by atoms with van der Waals surface area (Å²) in [4.78, 5) is 9.92. The average molecular weight is 420 g/mol. The Morgan fingerprint density at radius 3 is 2.74 bits per heavy atom. The summed E-state index contributed by atoms with van der Waals surface area (Å²) in [6.45, 7) is 8.80.